The van der Waals surface area contributed by atoms with E-state index in [1.807, 2.05) is 0 Å². The van der Waals surface area contributed by atoms with Crippen molar-refractivity contribution in [2.45, 2.75) is 12.5 Å². The number of nitrogens with one attached hydrogen (secondary N) is 1. The first-order valence-electron chi connectivity index (χ1n) is 5.59. The molecule has 0 amide bonds. The van der Waals surface area contributed by atoms with Gasteiger partial charge in [-0.3, -0.25) is 4.79 Å². The van der Waals surface area contributed by atoms with Gasteiger partial charge < -0.3 is 20.1 Å². The molecule has 2 rings (SSSR count). The Kier molecular flexibility index (Phi) is 3.37. The lowest BCUT2D eigenvalue weighted by Crippen LogP contribution is -2.40. The number of aromatic amines is 1. The molecule has 19 heavy (non-hydrogen) atoms. The summed E-state index contributed by atoms with van der Waals surface area (Å²) in [4.78, 5) is 30.3. The van der Waals surface area contributed by atoms with Gasteiger partial charge in [0, 0.05) is 12.7 Å². The summed E-state index contributed by atoms with van der Waals surface area (Å²) in [5.41, 5.74) is 2.15. The second-order valence-corrected chi connectivity index (χ2v) is 4.17. The minimum Gasteiger partial charge on any atom is -0.481 e. The largest absolute Gasteiger partial charge is 0.481 e. The molecular weight excluding hydrogens is 250 g/mol. The molecule has 7 heteroatoms. The predicted octanol–water partition coefficient (Wildman–Crippen LogP) is 0.927. The number of carboxylic acids is 2. The van der Waals surface area contributed by atoms with Gasteiger partial charge in [-0.05, 0) is 18.2 Å². The minimum atomic E-state index is -1.17. The van der Waals surface area contributed by atoms with E-state index in [-0.39, 0.29) is 0 Å². The quantitative estimate of drug-likeness (QED) is 0.740. The Labute approximate surface area is 108 Å². The highest BCUT2D eigenvalue weighted by Gasteiger charge is 2.26. The fourth-order valence-electron chi connectivity index (χ4n) is 1.88. The molecule has 2 aromatic rings. The summed E-state index contributed by atoms with van der Waals surface area (Å²) in [5, 5.41) is 17.9. The molecule has 1 unspecified atom stereocenters. The molecule has 0 aliphatic heterocycles. The van der Waals surface area contributed by atoms with Gasteiger partial charge in [0.15, 0.2) is 0 Å². The second-order valence-electron chi connectivity index (χ2n) is 4.17. The zero-order chi connectivity index (χ0) is 14.0. The van der Waals surface area contributed by atoms with E-state index in [4.69, 9.17) is 10.2 Å². The molecule has 1 aromatic carbocycles. The number of hydrogen-bond acceptors (Lipinski definition) is 4. The molecule has 1 atom stereocenters. The van der Waals surface area contributed by atoms with Gasteiger partial charge in [-0.2, -0.15) is 0 Å². The molecule has 1 heterocycles. The number of anilines is 1. The number of likely N-dealkylation sites (N-methyl/N-ethyl adjacent to an activating group) is 1. The van der Waals surface area contributed by atoms with Gasteiger partial charge >= 0.3 is 11.9 Å². The molecule has 0 saturated carbocycles. The molecular formula is C12H13N3O4. The number of nitrogens with zero attached hydrogens (tertiary/aromatic N) is 2. The summed E-state index contributed by atoms with van der Waals surface area (Å²) >= 11 is 0. The summed E-state index contributed by atoms with van der Waals surface area (Å²) in [6.07, 6.45) is 1.08. The highest BCUT2D eigenvalue weighted by Crippen LogP contribution is 2.21. The minimum absolute atomic E-state index is 0.465. The average molecular weight is 263 g/mol. The lowest BCUT2D eigenvalue weighted by Gasteiger charge is -2.25. The monoisotopic (exact) mass is 263 g/mol. The Morgan fingerprint density at radius 1 is 1.42 bits per heavy atom. The van der Waals surface area contributed by atoms with Crippen molar-refractivity contribution in [2.75, 3.05) is 11.9 Å². The number of hydrogen-bond donors (Lipinski definition) is 3. The van der Waals surface area contributed by atoms with Gasteiger partial charge in [-0.15, -0.1) is 0 Å². The van der Waals surface area contributed by atoms with Gasteiger partial charge in [-0.1, -0.05) is 0 Å². The normalized spacial score (nSPS) is 12.3. The topological polar surface area (TPSA) is 107 Å². The van der Waals surface area contributed by atoms with Crippen molar-refractivity contribution in [3.8, 4) is 0 Å². The van der Waals surface area contributed by atoms with E-state index in [1.165, 1.54) is 4.90 Å². The van der Waals surface area contributed by atoms with Crippen LogP contribution in [-0.2, 0) is 9.59 Å². The number of carboxylic acid groups (broad SMARTS) is 2. The summed E-state index contributed by atoms with van der Waals surface area (Å²) in [6.45, 7) is 0. The van der Waals surface area contributed by atoms with Gasteiger partial charge in [0.1, 0.15) is 6.04 Å². The number of aliphatic carboxylic acids is 2. The Balaban J connectivity index is 2.31. The average Bonchev–Trinajstić information content (AvgIpc) is 2.81. The van der Waals surface area contributed by atoms with Crippen molar-refractivity contribution in [3.63, 3.8) is 0 Å². The molecule has 0 spiro atoms. The van der Waals surface area contributed by atoms with Gasteiger partial charge in [0.25, 0.3) is 0 Å². The van der Waals surface area contributed by atoms with Crippen LogP contribution >= 0.6 is 0 Å². The number of benzene rings is 1. The Morgan fingerprint density at radius 3 is 2.79 bits per heavy atom. The van der Waals surface area contributed by atoms with E-state index in [2.05, 4.69) is 9.97 Å². The SMILES string of the molecule is CN(c1ccc2nc[nH]c2c1)C(CC(=O)O)C(=O)O. The molecule has 0 saturated heterocycles. The van der Waals surface area contributed by atoms with Crippen LogP contribution in [0.25, 0.3) is 11.0 Å². The van der Waals surface area contributed by atoms with E-state index in [0.29, 0.717) is 5.69 Å². The molecule has 0 radical (unpaired) electrons. The second kappa shape index (κ2) is 4.97. The first-order valence-corrected chi connectivity index (χ1v) is 5.59. The van der Waals surface area contributed by atoms with Crippen LogP contribution in [0.15, 0.2) is 24.5 Å². The number of H-pyrrole nitrogens is 1. The fourth-order valence-corrected chi connectivity index (χ4v) is 1.88. The number of rotatable bonds is 5. The molecule has 3 N–H and O–H groups in total. The first kappa shape index (κ1) is 12.9. The smallest absolute Gasteiger partial charge is 0.326 e. The van der Waals surface area contributed by atoms with Crippen molar-refractivity contribution in [2.24, 2.45) is 0 Å². The standard InChI is InChI=1S/C12H13N3O4/c1-15(10(12(18)19)5-11(16)17)7-2-3-8-9(4-7)14-6-13-8/h2-4,6,10H,5H2,1H3,(H,13,14)(H,16,17)(H,18,19). The van der Waals surface area contributed by atoms with Crippen molar-refractivity contribution < 1.29 is 19.8 Å². The maximum absolute atomic E-state index is 11.1. The van der Waals surface area contributed by atoms with Crippen molar-refractivity contribution in [1.29, 1.82) is 0 Å². The van der Waals surface area contributed by atoms with Crippen LogP contribution in [0.2, 0.25) is 0 Å². The van der Waals surface area contributed by atoms with E-state index in [1.54, 1.807) is 31.6 Å². The lowest BCUT2D eigenvalue weighted by atomic mass is 10.1. The summed E-state index contributed by atoms with van der Waals surface area (Å²) in [6, 6.07) is 4.08. The van der Waals surface area contributed by atoms with Crippen LogP contribution in [0, 0.1) is 0 Å². The van der Waals surface area contributed by atoms with Crippen LogP contribution in [0.4, 0.5) is 5.69 Å². The molecule has 0 aliphatic carbocycles. The van der Waals surface area contributed by atoms with Crippen molar-refractivity contribution in [1.82, 2.24) is 9.97 Å². The maximum Gasteiger partial charge on any atom is 0.326 e. The van der Waals surface area contributed by atoms with Crippen molar-refractivity contribution in [3.05, 3.63) is 24.5 Å². The molecule has 0 bridgehead atoms. The third kappa shape index (κ3) is 2.65. The Hall–Kier alpha value is -2.57. The summed E-state index contributed by atoms with van der Waals surface area (Å²) in [5.74, 6) is -2.32. The molecule has 0 aliphatic rings. The van der Waals surface area contributed by atoms with E-state index < -0.39 is 24.4 Å². The number of imidazole rings is 1. The van der Waals surface area contributed by atoms with Crippen LogP contribution < -0.4 is 4.90 Å². The number of aromatic nitrogens is 2. The summed E-state index contributed by atoms with van der Waals surface area (Å²) in [7, 11) is 1.55. The van der Waals surface area contributed by atoms with E-state index in [0.717, 1.165) is 11.0 Å². The van der Waals surface area contributed by atoms with Crippen LogP contribution in [0.1, 0.15) is 6.42 Å². The predicted molar refractivity (Wildman–Crippen MR) is 68.2 cm³/mol. The van der Waals surface area contributed by atoms with E-state index in [9.17, 15) is 9.59 Å². The third-order valence-electron chi connectivity index (χ3n) is 2.93. The highest BCUT2D eigenvalue weighted by molar-refractivity contribution is 5.85. The van der Waals surface area contributed by atoms with Crippen molar-refractivity contribution >= 4 is 28.7 Å². The van der Waals surface area contributed by atoms with Crippen LogP contribution in [0.5, 0.6) is 0 Å². The Morgan fingerprint density at radius 2 is 2.16 bits per heavy atom. The molecule has 1 aromatic heterocycles. The van der Waals surface area contributed by atoms with Crippen LogP contribution in [0.3, 0.4) is 0 Å². The zero-order valence-corrected chi connectivity index (χ0v) is 10.2. The van der Waals surface area contributed by atoms with Gasteiger partial charge in [0.05, 0.1) is 23.8 Å². The molecule has 7 nitrogen and oxygen atoms in total. The Bertz CT molecular complexity index is 622. The third-order valence-corrected chi connectivity index (χ3v) is 2.93. The van der Waals surface area contributed by atoms with E-state index >= 15 is 0 Å². The highest BCUT2D eigenvalue weighted by atomic mass is 16.4. The van der Waals surface area contributed by atoms with Gasteiger partial charge in [-0.25, -0.2) is 9.78 Å². The number of carbonyl (C=O) groups is 2. The van der Waals surface area contributed by atoms with Crippen LogP contribution in [-0.4, -0.2) is 45.2 Å². The summed E-state index contributed by atoms with van der Waals surface area (Å²) < 4.78 is 0. The number of fused-ring (bicyclic) bond motifs is 1. The van der Waals surface area contributed by atoms with Gasteiger partial charge in [0.2, 0.25) is 0 Å². The zero-order valence-electron chi connectivity index (χ0n) is 10.2. The maximum atomic E-state index is 11.1. The molecule has 100 valence electrons. The first-order chi connectivity index (χ1) is 8.99. The molecule has 0 fully saturated rings. The fraction of sp³-hybridized carbons (Fsp3) is 0.250. The lowest BCUT2D eigenvalue weighted by molar-refractivity contribution is -0.145.